The van der Waals surface area contributed by atoms with Crippen molar-refractivity contribution in [2.75, 3.05) is 0 Å². The minimum absolute atomic E-state index is 0.211. The summed E-state index contributed by atoms with van der Waals surface area (Å²) in [7, 11) is 0. The topological polar surface area (TPSA) is 51.8 Å². The minimum atomic E-state index is -0.211. The molecule has 1 atom stereocenters. The summed E-state index contributed by atoms with van der Waals surface area (Å²) in [4.78, 5) is 8.61. The molecule has 0 amide bonds. The summed E-state index contributed by atoms with van der Waals surface area (Å²) in [6.07, 6.45) is 3.51. The summed E-state index contributed by atoms with van der Waals surface area (Å²) >= 11 is 0. The van der Waals surface area contributed by atoms with Crippen LogP contribution in [0.5, 0.6) is 0 Å². The number of hydrogen-bond donors (Lipinski definition) is 1. The van der Waals surface area contributed by atoms with Gasteiger partial charge in [-0.25, -0.2) is 0 Å². The van der Waals surface area contributed by atoms with Crippen LogP contribution in [0.1, 0.15) is 39.7 Å². The van der Waals surface area contributed by atoms with E-state index >= 15 is 0 Å². The molecular formula is C15H19N3. The molecule has 0 aliphatic rings. The summed E-state index contributed by atoms with van der Waals surface area (Å²) in [5.74, 6) is 0. The highest BCUT2D eigenvalue weighted by atomic mass is 14.8. The maximum Gasteiger partial charge on any atom is 0.0799 e. The van der Waals surface area contributed by atoms with Crippen molar-refractivity contribution in [3.63, 3.8) is 0 Å². The lowest BCUT2D eigenvalue weighted by molar-refractivity contribution is 0.804. The van der Waals surface area contributed by atoms with Gasteiger partial charge in [0.05, 0.1) is 23.6 Å². The van der Waals surface area contributed by atoms with E-state index in [2.05, 4.69) is 42.9 Å². The summed E-state index contributed by atoms with van der Waals surface area (Å²) < 4.78 is 0. The highest BCUT2D eigenvalue weighted by Gasteiger charge is 2.14. The predicted octanol–water partition coefficient (Wildman–Crippen LogP) is 2.76. The molecule has 0 fully saturated rings. The van der Waals surface area contributed by atoms with Gasteiger partial charge in [0.2, 0.25) is 0 Å². The van der Waals surface area contributed by atoms with Crippen molar-refractivity contribution in [1.82, 2.24) is 9.97 Å². The highest BCUT2D eigenvalue weighted by Crippen LogP contribution is 2.24. The largest absolute Gasteiger partial charge is 0.319 e. The molecule has 2 aromatic rings. The molecule has 0 saturated carbocycles. The van der Waals surface area contributed by atoms with Crippen LogP contribution in [0.3, 0.4) is 0 Å². The lowest BCUT2D eigenvalue weighted by atomic mass is 9.95. The van der Waals surface area contributed by atoms with E-state index in [1.165, 1.54) is 16.7 Å². The van der Waals surface area contributed by atoms with Crippen LogP contribution >= 0.6 is 0 Å². The quantitative estimate of drug-likeness (QED) is 0.879. The fourth-order valence-electron chi connectivity index (χ4n) is 2.04. The van der Waals surface area contributed by atoms with E-state index in [4.69, 9.17) is 5.73 Å². The average molecular weight is 241 g/mol. The van der Waals surface area contributed by atoms with Crippen molar-refractivity contribution in [3.05, 3.63) is 58.2 Å². The Morgan fingerprint density at radius 2 is 1.56 bits per heavy atom. The zero-order chi connectivity index (χ0) is 13.3. The number of aromatic nitrogens is 2. The maximum atomic E-state index is 6.28. The van der Waals surface area contributed by atoms with E-state index in [-0.39, 0.29) is 6.04 Å². The molecule has 0 aliphatic heterocycles. The third-order valence-corrected chi connectivity index (χ3v) is 3.34. The van der Waals surface area contributed by atoms with Crippen molar-refractivity contribution in [3.8, 4) is 0 Å². The Labute approximate surface area is 108 Å². The van der Waals surface area contributed by atoms with Gasteiger partial charge in [-0.3, -0.25) is 9.97 Å². The summed E-state index contributed by atoms with van der Waals surface area (Å²) in [5.41, 5.74) is 12.9. The number of rotatable bonds is 2. The Hall–Kier alpha value is -1.74. The van der Waals surface area contributed by atoms with Crippen LogP contribution in [-0.4, -0.2) is 9.97 Å². The van der Waals surface area contributed by atoms with E-state index in [0.717, 1.165) is 17.0 Å². The SMILES string of the molecule is Cc1cnc(C(N)c2cc(C)c(C)cc2C)cn1. The first-order valence-electron chi connectivity index (χ1n) is 6.11. The molecule has 1 aromatic heterocycles. The predicted molar refractivity (Wildman–Crippen MR) is 73.5 cm³/mol. The fraction of sp³-hybridized carbons (Fsp3) is 0.333. The normalized spacial score (nSPS) is 12.5. The van der Waals surface area contributed by atoms with E-state index < -0.39 is 0 Å². The third kappa shape index (κ3) is 2.41. The molecule has 94 valence electrons. The number of hydrogen-bond acceptors (Lipinski definition) is 3. The Morgan fingerprint density at radius 3 is 2.17 bits per heavy atom. The molecule has 1 unspecified atom stereocenters. The van der Waals surface area contributed by atoms with Crippen molar-refractivity contribution in [2.24, 2.45) is 5.73 Å². The fourth-order valence-corrected chi connectivity index (χ4v) is 2.04. The zero-order valence-corrected chi connectivity index (χ0v) is 11.4. The molecule has 1 aromatic carbocycles. The molecule has 0 spiro atoms. The van der Waals surface area contributed by atoms with Crippen LogP contribution in [0.25, 0.3) is 0 Å². The third-order valence-electron chi connectivity index (χ3n) is 3.34. The molecule has 18 heavy (non-hydrogen) atoms. The van der Waals surface area contributed by atoms with Crippen molar-refractivity contribution >= 4 is 0 Å². The van der Waals surface area contributed by atoms with Gasteiger partial charge in [0.15, 0.2) is 0 Å². The van der Waals surface area contributed by atoms with Gasteiger partial charge in [0, 0.05) is 6.20 Å². The van der Waals surface area contributed by atoms with E-state index in [1.807, 2.05) is 6.92 Å². The van der Waals surface area contributed by atoms with Crippen LogP contribution < -0.4 is 5.73 Å². The second kappa shape index (κ2) is 4.86. The van der Waals surface area contributed by atoms with Crippen molar-refractivity contribution in [2.45, 2.75) is 33.7 Å². The average Bonchev–Trinajstić information content (AvgIpc) is 2.34. The van der Waals surface area contributed by atoms with Gasteiger partial charge in [-0.2, -0.15) is 0 Å². The molecule has 0 aliphatic carbocycles. The number of benzene rings is 1. The monoisotopic (exact) mass is 241 g/mol. The molecular weight excluding hydrogens is 222 g/mol. The van der Waals surface area contributed by atoms with Gasteiger partial charge in [-0.05, 0) is 49.9 Å². The first-order chi connectivity index (χ1) is 8.49. The molecule has 3 heteroatoms. The second-order valence-electron chi connectivity index (χ2n) is 4.85. The molecule has 2 rings (SSSR count). The molecule has 0 saturated heterocycles. The summed E-state index contributed by atoms with van der Waals surface area (Å²) in [6.45, 7) is 8.22. The lowest BCUT2D eigenvalue weighted by Gasteiger charge is -2.16. The maximum absolute atomic E-state index is 6.28. The van der Waals surface area contributed by atoms with E-state index in [9.17, 15) is 0 Å². The smallest absolute Gasteiger partial charge is 0.0799 e. The standard InChI is InChI=1S/C15H19N3/c1-9-5-11(3)13(6-10(9)2)15(16)14-8-17-12(4)7-18-14/h5-8,15H,16H2,1-4H3. The minimum Gasteiger partial charge on any atom is -0.319 e. The zero-order valence-electron chi connectivity index (χ0n) is 11.4. The van der Waals surface area contributed by atoms with Crippen molar-refractivity contribution in [1.29, 1.82) is 0 Å². The van der Waals surface area contributed by atoms with Gasteiger partial charge in [-0.1, -0.05) is 12.1 Å². The van der Waals surface area contributed by atoms with Crippen LogP contribution in [0.2, 0.25) is 0 Å². The molecule has 1 heterocycles. The Kier molecular flexibility index (Phi) is 3.43. The number of aryl methyl sites for hydroxylation is 4. The summed E-state index contributed by atoms with van der Waals surface area (Å²) in [6, 6.07) is 4.11. The van der Waals surface area contributed by atoms with Gasteiger partial charge in [0.25, 0.3) is 0 Å². The molecule has 0 bridgehead atoms. The molecule has 3 nitrogen and oxygen atoms in total. The highest BCUT2D eigenvalue weighted by molar-refractivity contribution is 5.40. The second-order valence-corrected chi connectivity index (χ2v) is 4.85. The Balaban J connectivity index is 2.42. The van der Waals surface area contributed by atoms with Crippen molar-refractivity contribution < 1.29 is 0 Å². The summed E-state index contributed by atoms with van der Waals surface area (Å²) in [5, 5.41) is 0. The molecule has 0 radical (unpaired) electrons. The molecule has 2 N–H and O–H groups in total. The number of nitrogens with two attached hydrogens (primary N) is 1. The first-order valence-corrected chi connectivity index (χ1v) is 6.11. The van der Waals surface area contributed by atoms with Crippen LogP contribution in [0.15, 0.2) is 24.5 Å². The van der Waals surface area contributed by atoms with E-state index in [0.29, 0.717) is 0 Å². The van der Waals surface area contributed by atoms with Gasteiger partial charge in [-0.15, -0.1) is 0 Å². The van der Waals surface area contributed by atoms with Gasteiger partial charge >= 0.3 is 0 Å². The van der Waals surface area contributed by atoms with Gasteiger partial charge < -0.3 is 5.73 Å². The van der Waals surface area contributed by atoms with E-state index in [1.54, 1.807) is 12.4 Å². The van der Waals surface area contributed by atoms with Crippen LogP contribution in [0, 0.1) is 27.7 Å². The lowest BCUT2D eigenvalue weighted by Crippen LogP contribution is -2.15. The Bertz CT molecular complexity index is 559. The van der Waals surface area contributed by atoms with Gasteiger partial charge in [0.1, 0.15) is 0 Å². The van der Waals surface area contributed by atoms with Crippen LogP contribution in [-0.2, 0) is 0 Å². The number of nitrogens with zero attached hydrogens (tertiary/aromatic N) is 2. The Morgan fingerprint density at radius 1 is 0.889 bits per heavy atom. The van der Waals surface area contributed by atoms with Crippen LogP contribution in [0.4, 0.5) is 0 Å². The first kappa shape index (κ1) is 12.7.